The number of rotatable bonds is 4. The zero-order valence-electron chi connectivity index (χ0n) is 10.7. The topological polar surface area (TPSA) is 29.9 Å². The third-order valence-corrected chi connectivity index (χ3v) is 2.98. The predicted molar refractivity (Wildman–Crippen MR) is 71.0 cm³/mol. The number of hydrogen-bond donors (Lipinski definition) is 1. The first-order valence-electron chi connectivity index (χ1n) is 6.03. The second-order valence-corrected chi connectivity index (χ2v) is 4.66. The predicted octanol–water partition coefficient (Wildman–Crippen LogP) is 3.65. The Morgan fingerprint density at radius 1 is 1.35 bits per heavy atom. The zero-order chi connectivity index (χ0) is 14.8. The summed E-state index contributed by atoms with van der Waals surface area (Å²) < 4.78 is 40.6. The van der Waals surface area contributed by atoms with Gasteiger partial charge in [-0.05, 0) is 24.2 Å². The highest BCUT2D eigenvalue weighted by atomic mass is 35.5. The quantitative estimate of drug-likeness (QED) is 0.934. The van der Waals surface area contributed by atoms with Crippen LogP contribution in [0.1, 0.15) is 18.1 Å². The molecule has 7 heteroatoms. The average molecular weight is 304 g/mol. The minimum Gasteiger partial charge on any atom is -0.313 e. The van der Waals surface area contributed by atoms with E-state index in [0.29, 0.717) is 17.3 Å². The molecule has 1 N–H and O–H groups in total. The summed E-state index contributed by atoms with van der Waals surface area (Å²) in [5.74, 6) is 0. The SMILES string of the molecule is CCNCc1ccc(-n2cc(Cl)cn2)cc1C(F)(F)F. The van der Waals surface area contributed by atoms with Gasteiger partial charge in [-0.25, -0.2) is 4.68 Å². The Labute approximate surface area is 119 Å². The molecule has 0 fully saturated rings. The molecule has 0 bridgehead atoms. The summed E-state index contributed by atoms with van der Waals surface area (Å²) in [6.45, 7) is 2.62. The van der Waals surface area contributed by atoms with E-state index in [1.807, 2.05) is 6.92 Å². The van der Waals surface area contributed by atoms with Crippen LogP contribution < -0.4 is 5.32 Å². The van der Waals surface area contributed by atoms with E-state index in [-0.39, 0.29) is 12.1 Å². The van der Waals surface area contributed by atoms with Crippen molar-refractivity contribution in [3.05, 3.63) is 46.7 Å². The van der Waals surface area contributed by atoms with Crippen molar-refractivity contribution in [3.63, 3.8) is 0 Å². The Hall–Kier alpha value is -1.53. The van der Waals surface area contributed by atoms with Crippen molar-refractivity contribution in [3.8, 4) is 5.69 Å². The van der Waals surface area contributed by atoms with Gasteiger partial charge in [-0.3, -0.25) is 0 Å². The molecule has 2 aromatic rings. The molecule has 1 aromatic carbocycles. The van der Waals surface area contributed by atoms with E-state index >= 15 is 0 Å². The lowest BCUT2D eigenvalue weighted by Gasteiger charge is -2.15. The van der Waals surface area contributed by atoms with Crippen LogP contribution in [0.15, 0.2) is 30.6 Å². The summed E-state index contributed by atoms with van der Waals surface area (Å²) in [4.78, 5) is 0. The Morgan fingerprint density at radius 2 is 2.10 bits per heavy atom. The van der Waals surface area contributed by atoms with Gasteiger partial charge in [0.1, 0.15) is 0 Å². The fourth-order valence-electron chi connectivity index (χ4n) is 1.83. The minimum atomic E-state index is -4.41. The van der Waals surface area contributed by atoms with Crippen LogP contribution in [0.3, 0.4) is 0 Å². The van der Waals surface area contributed by atoms with Crippen molar-refractivity contribution in [2.24, 2.45) is 0 Å². The molecule has 0 unspecified atom stereocenters. The molecular weight excluding hydrogens is 291 g/mol. The molecule has 2 rings (SSSR count). The van der Waals surface area contributed by atoms with Gasteiger partial charge in [0.25, 0.3) is 0 Å². The molecule has 3 nitrogen and oxygen atoms in total. The smallest absolute Gasteiger partial charge is 0.313 e. The summed E-state index contributed by atoms with van der Waals surface area (Å²) >= 11 is 5.72. The van der Waals surface area contributed by atoms with Gasteiger partial charge in [0, 0.05) is 12.7 Å². The number of alkyl halides is 3. The van der Waals surface area contributed by atoms with Crippen molar-refractivity contribution in [2.75, 3.05) is 6.54 Å². The molecule has 0 aliphatic rings. The van der Waals surface area contributed by atoms with Gasteiger partial charge >= 0.3 is 6.18 Å². The van der Waals surface area contributed by atoms with E-state index in [2.05, 4.69) is 10.4 Å². The van der Waals surface area contributed by atoms with Gasteiger partial charge in [0.05, 0.1) is 22.5 Å². The lowest BCUT2D eigenvalue weighted by molar-refractivity contribution is -0.138. The highest BCUT2D eigenvalue weighted by molar-refractivity contribution is 6.30. The van der Waals surface area contributed by atoms with Crippen molar-refractivity contribution in [1.29, 1.82) is 0 Å². The summed E-state index contributed by atoms with van der Waals surface area (Å²) in [5.41, 5.74) is -0.131. The third kappa shape index (κ3) is 3.32. The standard InChI is InChI=1S/C13H13ClF3N3/c1-2-18-6-9-3-4-11(5-12(9)13(15,16)17)20-8-10(14)7-19-20/h3-5,7-8,18H,2,6H2,1H3. The fraction of sp³-hybridized carbons (Fsp3) is 0.308. The lowest BCUT2D eigenvalue weighted by Crippen LogP contribution is -2.17. The average Bonchev–Trinajstić information content (AvgIpc) is 2.82. The summed E-state index contributed by atoms with van der Waals surface area (Å²) in [6, 6.07) is 4.12. The maximum Gasteiger partial charge on any atom is 0.416 e. The Kier molecular flexibility index (Phi) is 4.35. The van der Waals surface area contributed by atoms with Crippen LogP contribution in [-0.2, 0) is 12.7 Å². The number of aromatic nitrogens is 2. The first kappa shape index (κ1) is 14.9. The highest BCUT2D eigenvalue weighted by Gasteiger charge is 2.33. The van der Waals surface area contributed by atoms with Gasteiger partial charge in [-0.15, -0.1) is 0 Å². The summed E-state index contributed by atoms with van der Waals surface area (Å²) in [6.07, 6.45) is -1.57. The van der Waals surface area contributed by atoms with Crippen LogP contribution in [-0.4, -0.2) is 16.3 Å². The molecule has 0 aliphatic heterocycles. The van der Waals surface area contributed by atoms with E-state index in [0.717, 1.165) is 6.07 Å². The molecule has 0 atom stereocenters. The molecule has 0 radical (unpaired) electrons. The van der Waals surface area contributed by atoms with Crippen molar-refractivity contribution < 1.29 is 13.2 Å². The molecule has 1 heterocycles. The first-order chi connectivity index (χ1) is 9.41. The van der Waals surface area contributed by atoms with Crippen LogP contribution >= 0.6 is 11.6 Å². The van der Waals surface area contributed by atoms with E-state index in [4.69, 9.17) is 11.6 Å². The second kappa shape index (κ2) is 5.85. The van der Waals surface area contributed by atoms with Gasteiger partial charge < -0.3 is 5.32 Å². The number of nitrogens with zero attached hydrogens (tertiary/aromatic N) is 2. The Balaban J connectivity index is 2.43. The number of hydrogen-bond acceptors (Lipinski definition) is 2. The monoisotopic (exact) mass is 303 g/mol. The molecule has 0 aliphatic carbocycles. The van der Waals surface area contributed by atoms with Crippen LogP contribution in [0, 0.1) is 0 Å². The first-order valence-corrected chi connectivity index (χ1v) is 6.41. The molecule has 20 heavy (non-hydrogen) atoms. The Morgan fingerprint density at radius 3 is 2.65 bits per heavy atom. The van der Waals surface area contributed by atoms with Crippen molar-refractivity contribution in [2.45, 2.75) is 19.6 Å². The number of halogens is 4. The van der Waals surface area contributed by atoms with Crippen LogP contribution in [0.25, 0.3) is 5.69 Å². The highest BCUT2D eigenvalue weighted by Crippen LogP contribution is 2.33. The van der Waals surface area contributed by atoms with E-state index in [1.165, 1.54) is 23.1 Å². The van der Waals surface area contributed by atoms with Crippen LogP contribution in [0.5, 0.6) is 0 Å². The number of benzene rings is 1. The lowest BCUT2D eigenvalue weighted by atomic mass is 10.1. The molecule has 0 saturated carbocycles. The van der Waals surface area contributed by atoms with E-state index in [1.54, 1.807) is 6.07 Å². The fourth-order valence-corrected chi connectivity index (χ4v) is 1.96. The van der Waals surface area contributed by atoms with Crippen molar-refractivity contribution >= 4 is 11.6 Å². The largest absolute Gasteiger partial charge is 0.416 e. The summed E-state index contributed by atoms with van der Waals surface area (Å²) in [7, 11) is 0. The molecular formula is C13H13ClF3N3. The second-order valence-electron chi connectivity index (χ2n) is 4.22. The maximum atomic E-state index is 13.1. The van der Waals surface area contributed by atoms with Gasteiger partial charge in [-0.1, -0.05) is 24.6 Å². The van der Waals surface area contributed by atoms with Gasteiger partial charge in [0.2, 0.25) is 0 Å². The van der Waals surface area contributed by atoms with Crippen LogP contribution in [0.4, 0.5) is 13.2 Å². The van der Waals surface area contributed by atoms with Crippen LogP contribution in [0.2, 0.25) is 5.02 Å². The number of nitrogens with one attached hydrogen (secondary N) is 1. The zero-order valence-corrected chi connectivity index (χ0v) is 11.5. The van der Waals surface area contributed by atoms with E-state index in [9.17, 15) is 13.2 Å². The van der Waals surface area contributed by atoms with E-state index < -0.39 is 11.7 Å². The molecule has 0 saturated heterocycles. The Bertz CT molecular complexity index is 593. The normalized spacial score (nSPS) is 11.8. The maximum absolute atomic E-state index is 13.1. The molecule has 0 amide bonds. The van der Waals surface area contributed by atoms with Gasteiger partial charge in [0.15, 0.2) is 0 Å². The molecule has 1 aromatic heterocycles. The minimum absolute atomic E-state index is 0.172. The molecule has 0 spiro atoms. The van der Waals surface area contributed by atoms with Gasteiger partial charge in [-0.2, -0.15) is 18.3 Å². The van der Waals surface area contributed by atoms with Crippen molar-refractivity contribution in [1.82, 2.24) is 15.1 Å². The summed E-state index contributed by atoms with van der Waals surface area (Å²) in [5, 5.41) is 7.17. The molecule has 108 valence electrons. The third-order valence-electron chi connectivity index (χ3n) is 2.78.